The predicted octanol–water partition coefficient (Wildman–Crippen LogP) is 6.13. The van der Waals surface area contributed by atoms with Crippen molar-refractivity contribution in [2.24, 2.45) is 34.3 Å². The van der Waals surface area contributed by atoms with E-state index in [2.05, 4.69) is 13.8 Å². The molecular weight excluding hydrogens is 666 g/mol. The number of hydrogen-bond acceptors (Lipinski definition) is 11. The second kappa shape index (κ2) is 16.5. The first-order valence-corrected chi connectivity index (χ1v) is 19.0. The van der Waals surface area contributed by atoms with Gasteiger partial charge < -0.3 is 29.8 Å². The van der Waals surface area contributed by atoms with Gasteiger partial charge in [-0.3, -0.25) is 19.2 Å². The summed E-state index contributed by atoms with van der Waals surface area (Å²) in [5.41, 5.74) is 4.80. The number of carbonyl (C=O) groups excluding carboxylic acids is 5. The summed E-state index contributed by atoms with van der Waals surface area (Å²) in [6.45, 7) is 7.71. The van der Waals surface area contributed by atoms with Crippen molar-refractivity contribution < 1.29 is 48.0 Å². The highest BCUT2D eigenvalue weighted by Gasteiger charge is 2.70. The van der Waals surface area contributed by atoms with Crippen molar-refractivity contribution in [2.75, 3.05) is 13.2 Å². The number of nitrogens with two attached hydrogens (primary N) is 1. The van der Waals surface area contributed by atoms with E-state index in [-0.39, 0.29) is 55.0 Å². The molecule has 3 N–H and O–H groups in total. The number of allylic oxidation sites excluding steroid dienone is 4. The quantitative estimate of drug-likeness (QED) is 0.0926. The Hall–Kier alpha value is -3.83. The topological polar surface area (TPSA) is 169 Å². The lowest BCUT2D eigenvalue weighted by molar-refractivity contribution is -0.200. The molecule has 0 saturated heterocycles. The second-order valence-corrected chi connectivity index (χ2v) is 15.5. The summed E-state index contributed by atoms with van der Waals surface area (Å²) >= 11 is 0. The molecule has 11 heteroatoms. The van der Waals surface area contributed by atoms with Gasteiger partial charge in [-0.25, -0.2) is 4.79 Å². The van der Waals surface area contributed by atoms with Crippen LogP contribution < -0.4 is 10.5 Å². The zero-order valence-electron chi connectivity index (χ0n) is 31.0. The van der Waals surface area contributed by atoms with Gasteiger partial charge >= 0.3 is 18.1 Å². The number of rotatable bonds is 15. The van der Waals surface area contributed by atoms with Gasteiger partial charge in [0.05, 0.1) is 12.7 Å². The molecule has 0 spiro atoms. The van der Waals surface area contributed by atoms with Gasteiger partial charge in [0, 0.05) is 23.2 Å². The highest BCUT2D eigenvalue weighted by molar-refractivity contribution is 6.01. The minimum atomic E-state index is -1.60. The lowest BCUT2D eigenvalue weighted by Gasteiger charge is -2.59. The first-order chi connectivity index (χ1) is 24.8. The van der Waals surface area contributed by atoms with E-state index in [1.165, 1.54) is 0 Å². The van der Waals surface area contributed by atoms with Gasteiger partial charge in [0.1, 0.15) is 11.8 Å². The molecule has 5 rings (SSSR count). The number of ketones is 2. The summed E-state index contributed by atoms with van der Waals surface area (Å²) in [4.78, 5) is 64.8. The van der Waals surface area contributed by atoms with Crippen LogP contribution in [0.4, 0.5) is 4.79 Å². The number of benzene rings is 1. The maximum atomic E-state index is 14.3. The van der Waals surface area contributed by atoms with Crippen LogP contribution in [0, 0.1) is 28.6 Å². The van der Waals surface area contributed by atoms with Crippen molar-refractivity contribution in [3.63, 3.8) is 0 Å². The number of aliphatic hydroxyl groups is 1. The van der Waals surface area contributed by atoms with Gasteiger partial charge in [0.2, 0.25) is 5.78 Å². The monoisotopic (exact) mass is 721 g/mol. The van der Waals surface area contributed by atoms with E-state index in [1.54, 1.807) is 36.4 Å². The Morgan fingerprint density at radius 3 is 2.44 bits per heavy atom. The Kier molecular flexibility index (Phi) is 12.5. The summed E-state index contributed by atoms with van der Waals surface area (Å²) in [6.07, 6.45) is 10.4. The highest BCUT2D eigenvalue weighted by atomic mass is 16.7. The molecule has 0 bridgehead atoms. The Labute approximate surface area is 306 Å². The summed E-state index contributed by atoms with van der Waals surface area (Å²) in [7, 11) is 0. The third-order valence-corrected chi connectivity index (χ3v) is 12.3. The van der Waals surface area contributed by atoms with Crippen LogP contribution in [0.3, 0.4) is 0 Å². The Morgan fingerprint density at radius 2 is 1.73 bits per heavy atom. The van der Waals surface area contributed by atoms with Gasteiger partial charge in [0.25, 0.3) is 0 Å². The van der Waals surface area contributed by atoms with Crippen molar-refractivity contribution in [3.8, 4) is 5.75 Å². The molecule has 0 aliphatic heterocycles. The summed E-state index contributed by atoms with van der Waals surface area (Å²) < 4.78 is 22.1. The molecule has 3 saturated carbocycles. The van der Waals surface area contributed by atoms with E-state index in [4.69, 9.17) is 24.7 Å². The number of unbranched alkanes of at least 4 members (excludes halogenated alkanes) is 3. The molecular formula is C41H55NO10. The maximum Gasteiger partial charge on any atom is 0.514 e. The lowest BCUT2D eigenvalue weighted by Crippen LogP contribution is -2.63. The van der Waals surface area contributed by atoms with Crippen LogP contribution >= 0.6 is 0 Å². The normalized spacial score (nSPS) is 31.0. The van der Waals surface area contributed by atoms with Crippen LogP contribution in [-0.2, 0) is 39.8 Å². The standard InChI is InChI=1S/C41H55NO10/c1-5-7-9-21-49-37(47)32(42)22-26-11-14-29(15-12-26)51-38(48)50-25-34(45)41(52-35(46)10-8-6-2)20-18-31-30-16-13-27-23-28(43)17-19-39(27,3)36(30)33(44)24-40(31,41)4/h11-12,14-15,17,19,23,30-33,36,44H,5-10,13,16,18,20-22,24-25,42H2,1-4H3. The number of fused-ring (bicyclic) bond motifs is 5. The van der Waals surface area contributed by atoms with E-state index in [0.717, 1.165) is 43.2 Å². The van der Waals surface area contributed by atoms with E-state index in [0.29, 0.717) is 25.9 Å². The molecule has 3 fully saturated rings. The Morgan fingerprint density at radius 1 is 1.00 bits per heavy atom. The van der Waals surface area contributed by atoms with Crippen molar-refractivity contribution in [1.29, 1.82) is 0 Å². The van der Waals surface area contributed by atoms with Crippen molar-refractivity contribution in [1.82, 2.24) is 0 Å². The molecule has 0 aromatic heterocycles. The third kappa shape index (κ3) is 7.90. The van der Waals surface area contributed by atoms with Crippen LogP contribution in [-0.4, -0.2) is 65.7 Å². The molecule has 52 heavy (non-hydrogen) atoms. The number of hydrogen-bond donors (Lipinski definition) is 2. The average molecular weight is 722 g/mol. The number of aliphatic hydroxyl groups excluding tert-OH is 1. The molecule has 1 aromatic carbocycles. The summed E-state index contributed by atoms with van der Waals surface area (Å²) in [5.74, 6) is -1.55. The van der Waals surface area contributed by atoms with E-state index in [1.807, 2.05) is 19.9 Å². The lowest BCUT2D eigenvalue weighted by atomic mass is 9.46. The Bertz CT molecular complexity index is 1570. The van der Waals surface area contributed by atoms with Gasteiger partial charge in [0.15, 0.2) is 18.0 Å². The van der Waals surface area contributed by atoms with Gasteiger partial charge in [-0.05, 0) is 93.1 Å². The predicted molar refractivity (Wildman–Crippen MR) is 192 cm³/mol. The molecule has 284 valence electrons. The number of Topliss-reactive ketones (excluding diaryl/α,β-unsaturated/α-hetero) is 1. The smallest absolute Gasteiger partial charge is 0.465 e. The summed E-state index contributed by atoms with van der Waals surface area (Å²) in [6, 6.07) is 5.61. The highest BCUT2D eigenvalue weighted by Crippen LogP contribution is 2.68. The zero-order chi connectivity index (χ0) is 37.7. The van der Waals surface area contributed by atoms with Crippen LogP contribution in [0.25, 0.3) is 0 Å². The van der Waals surface area contributed by atoms with Crippen molar-refractivity contribution in [3.05, 3.63) is 53.6 Å². The number of esters is 2. The number of ether oxygens (including phenoxy) is 4. The molecule has 4 aliphatic rings. The molecule has 0 amide bonds. The molecule has 4 aliphatic carbocycles. The first kappa shape index (κ1) is 39.4. The molecule has 8 unspecified atom stereocenters. The second-order valence-electron chi connectivity index (χ2n) is 15.5. The Balaban J connectivity index is 1.25. The minimum absolute atomic E-state index is 0.0256. The van der Waals surface area contributed by atoms with Crippen LogP contribution in [0.1, 0.15) is 104 Å². The van der Waals surface area contributed by atoms with Gasteiger partial charge in [-0.1, -0.05) is 70.7 Å². The van der Waals surface area contributed by atoms with Crippen molar-refractivity contribution in [2.45, 2.75) is 122 Å². The van der Waals surface area contributed by atoms with Gasteiger partial charge in [-0.15, -0.1) is 0 Å². The fourth-order valence-electron chi connectivity index (χ4n) is 9.59. The fraction of sp³-hybridized carbons (Fsp3) is 0.634. The SMILES string of the molecule is CCCCCOC(=O)C(N)Cc1ccc(OC(=O)OCC(=O)C2(OC(=O)CCCC)CCC3C4CCC5=CC(=O)C=CC5(C)C4C(O)CC32C)cc1. The molecule has 0 heterocycles. The molecule has 1 aromatic rings. The van der Waals surface area contributed by atoms with Gasteiger partial charge in [-0.2, -0.15) is 0 Å². The number of carbonyl (C=O) groups is 5. The molecule has 8 atom stereocenters. The maximum absolute atomic E-state index is 14.3. The summed E-state index contributed by atoms with van der Waals surface area (Å²) in [5, 5.41) is 11.9. The zero-order valence-corrected chi connectivity index (χ0v) is 31.0. The van der Waals surface area contributed by atoms with Crippen LogP contribution in [0.5, 0.6) is 5.75 Å². The van der Waals surface area contributed by atoms with E-state index >= 15 is 0 Å². The molecule has 11 nitrogen and oxygen atoms in total. The third-order valence-electron chi connectivity index (χ3n) is 12.3. The van der Waals surface area contributed by atoms with E-state index < -0.39 is 59.1 Å². The van der Waals surface area contributed by atoms with Crippen molar-refractivity contribution >= 4 is 29.7 Å². The van der Waals surface area contributed by atoms with E-state index in [9.17, 15) is 29.1 Å². The first-order valence-electron chi connectivity index (χ1n) is 19.0. The minimum Gasteiger partial charge on any atom is -0.465 e. The van der Waals surface area contributed by atoms with Crippen LogP contribution in [0.15, 0.2) is 48.1 Å². The molecule has 0 radical (unpaired) electrons. The largest absolute Gasteiger partial charge is 0.514 e. The average Bonchev–Trinajstić information content (AvgIpc) is 3.40. The van der Waals surface area contributed by atoms with Crippen LogP contribution in [0.2, 0.25) is 0 Å². The fourth-order valence-corrected chi connectivity index (χ4v) is 9.59.